The number of carbonyl (C=O) groups excluding carboxylic acids is 1. The normalized spacial score (nSPS) is 14.5. The molecular formula is C29H42N6O7S. The highest BCUT2D eigenvalue weighted by molar-refractivity contribution is 7.89. The Labute approximate surface area is 251 Å². The lowest BCUT2D eigenvalue weighted by atomic mass is 10.1. The molecule has 0 aliphatic carbocycles. The first-order valence-electron chi connectivity index (χ1n) is 14.6. The summed E-state index contributed by atoms with van der Waals surface area (Å²) in [6.07, 6.45) is 1.56. The number of H-pyrrole nitrogens is 1. The molecule has 1 amide bonds. The van der Waals surface area contributed by atoms with Gasteiger partial charge in [0, 0.05) is 57.6 Å². The number of aromatic nitrogens is 3. The smallest absolute Gasteiger partial charge is 0.409 e. The first kappa shape index (κ1) is 32.3. The van der Waals surface area contributed by atoms with Gasteiger partial charge < -0.3 is 24.3 Å². The molecule has 3 heterocycles. The Kier molecular flexibility index (Phi) is 10.4. The molecule has 43 heavy (non-hydrogen) atoms. The van der Waals surface area contributed by atoms with Crippen LogP contribution < -0.4 is 16.0 Å². The monoisotopic (exact) mass is 618 g/mol. The van der Waals surface area contributed by atoms with Crippen molar-refractivity contribution >= 4 is 27.1 Å². The van der Waals surface area contributed by atoms with E-state index in [1.165, 1.54) is 33.0 Å². The zero-order chi connectivity index (χ0) is 31.3. The number of fused-ring (bicyclic) bond motifs is 1. The van der Waals surface area contributed by atoms with Crippen LogP contribution in [0.5, 0.6) is 5.75 Å². The third-order valence-electron chi connectivity index (χ3n) is 7.47. The fourth-order valence-corrected chi connectivity index (χ4v) is 6.72. The summed E-state index contributed by atoms with van der Waals surface area (Å²) < 4.78 is 41.3. The molecule has 0 unspecified atom stereocenters. The molecule has 0 radical (unpaired) electrons. The maximum Gasteiger partial charge on any atom is 0.409 e. The zero-order valence-corrected chi connectivity index (χ0v) is 26.4. The standard InChI is InChI=1S/C29H42N6O7S/c1-6-14-35-26-25(27(36)32(5)28(35)37)23(20-31(3)4)24(30-26)9-8-19-42-21-10-12-22(13-11-21)43(39,40)34-17-15-33(16-18-34)29(38)41-7-2/h10-13,30H,6-9,14-20H2,1-5H3. The molecule has 0 saturated carbocycles. The maximum absolute atomic E-state index is 13.1. The van der Waals surface area contributed by atoms with E-state index in [1.54, 1.807) is 23.6 Å². The summed E-state index contributed by atoms with van der Waals surface area (Å²) >= 11 is 0. The Morgan fingerprint density at radius 3 is 2.33 bits per heavy atom. The lowest BCUT2D eigenvalue weighted by Gasteiger charge is -2.33. The fraction of sp³-hybridized carbons (Fsp3) is 0.552. The number of piperazine rings is 1. The number of rotatable bonds is 12. The van der Waals surface area contributed by atoms with Crippen LogP contribution in [0, 0.1) is 0 Å². The number of nitrogens with zero attached hydrogens (tertiary/aromatic N) is 5. The molecule has 1 aromatic carbocycles. The maximum atomic E-state index is 13.1. The van der Waals surface area contributed by atoms with E-state index in [0.29, 0.717) is 49.3 Å². The molecule has 13 nitrogen and oxygen atoms in total. The summed E-state index contributed by atoms with van der Waals surface area (Å²) in [5, 5.41) is 0.541. The number of hydrogen-bond acceptors (Lipinski definition) is 8. The van der Waals surface area contributed by atoms with Crippen LogP contribution in [0.4, 0.5) is 4.79 Å². The first-order chi connectivity index (χ1) is 20.5. The van der Waals surface area contributed by atoms with Gasteiger partial charge >= 0.3 is 11.8 Å². The second-order valence-electron chi connectivity index (χ2n) is 10.9. The van der Waals surface area contributed by atoms with Gasteiger partial charge in [0.15, 0.2) is 0 Å². The summed E-state index contributed by atoms with van der Waals surface area (Å²) in [5.74, 6) is 0.543. The van der Waals surface area contributed by atoms with E-state index in [1.807, 2.05) is 25.9 Å². The van der Waals surface area contributed by atoms with Crippen LogP contribution in [-0.2, 0) is 41.3 Å². The van der Waals surface area contributed by atoms with E-state index < -0.39 is 16.1 Å². The van der Waals surface area contributed by atoms with Gasteiger partial charge in [-0.1, -0.05) is 6.92 Å². The quantitative estimate of drug-likeness (QED) is 0.304. The van der Waals surface area contributed by atoms with Gasteiger partial charge in [-0.25, -0.2) is 18.0 Å². The third kappa shape index (κ3) is 6.97. The van der Waals surface area contributed by atoms with E-state index in [9.17, 15) is 22.8 Å². The van der Waals surface area contributed by atoms with Crippen LogP contribution in [0.1, 0.15) is 37.9 Å². The van der Waals surface area contributed by atoms with Crippen molar-refractivity contribution in [2.75, 3.05) is 53.5 Å². The van der Waals surface area contributed by atoms with E-state index in [4.69, 9.17) is 9.47 Å². The molecule has 1 fully saturated rings. The Hall–Kier alpha value is -3.62. The van der Waals surface area contributed by atoms with Gasteiger partial charge in [-0.3, -0.25) is 13.9 Å². The van der Waals surface area contributed by atoms with Crippen molar-refractivity contribution in [2.45, 2.75) is 51.1 Å². The number of sulfonamides is 1. The number of carbonyl (C=O) groups is 1. The van der Waals surface area contributed by atoms with E-state index in [2.05, 4.69) is 4.98 Å². The average molecular weight is 619 g/mol. The lowest BCUT2D eigenvalue weighted by Crippen LogP contribution is -2.50. The number of hydrogen-bond donors (Lipinski definition) is 1. The molecule has 1 N–H and O–H groups in total. The van der Waals surface area contributed by atoms with Crippen molar-refractivity contribution in [3.8, 4) is 5.75 Å². The van der Waals surface area contributed by atoms with Crippen molar-refractivity contribution in [2.24, 2.45) is 7.05 Å². The molecule has 0 spiro atoms. The van der Waals surface area contributed by atoms with Crippen molar-refractivity contribution in [1.82, 2.24) is 28.2 Å². The molecule has 0 atom stereocenters. The van der Waals surface area contributed by atoms with Crippen LogP contribution in [0.25, 0.3) is 11.0 Å². The number of ether oxygens (including phenoxy) is 2. The average Bonchev–Trinajstić information content (AvgIpc) is 3.33. The minimum atomic E-state index is -3.71. The van der Waals surface area contributed by atoms with Crippen LogP contribution in [0.15, 0.2) is 38.8 Å². The first-order valence-corrected chi connectivity index (χ1v) is 16.1. The van der Waals surface area contributed by atoms with Crippen molar-refractivity contribution in [1.29, 1.82) is 0 Å². The fourth-order valence-electron chi connectivity index (χ4n) is 5.30. The number of amides is 1. The van der Waals surface area contributed by atoms with Gasteiger partial charge in [0.05, 0.1) is 23.5 Å². The van der Waals surface area contributed by atoms with Crippen molar-refractivity contribution in [3.63, 3.8) is 0 Å². The molecule has 236 valence electrons. The molecule has 1 aliphatic heterocycles. The number of aryl methyl sites for hydroxylation is 2. The molecule has 3 aromatic rings. The second kappa shape index (κ2) is 13.8. The topological polar surface area (TPSA) is 139 Å². The summed E-state index contributed by atoms with van der Waals surface area (Å²) in [5.41, 5.74) is 1.68. The summed E-state index contributed by atoms with van der Waals surface area (Å²) in [6, 6.07) is 6.32. The van der Waals surface area contributed by atoms with Gasteiger partial charge in [0.25, 0.3) is 5.56 Å². The number of benzene rings is 1. The molecule has 1 saturated heterocycles. The Morgan fingerprint density at radius 1 is 1.05 bits per heavy atom. The predicted octanol–water partition coefficient (Wildman–Crippen LogP) is 1.97. The summed E-state index contributed by atoms with van der Waals surface area (Å²) in [6.45, 7) is 6.36. The molecule has 4 rings (SSSR count). The minimum Gasteiger partial charge on any atom is -0.494 e. The Balaban J connectivity index is 1.41. The third-order valence-corrected chi connectivity index (χ3v) is 9.38. The van der Waals surface area contributed by atoms with Crippen LogP contribution in [0.3, 0.4) is 0 Å². The van der Waals surface area contributed by atoms with Crippen molar-refractivity contribution < 1.29 is 22.7 Å². The van der Waals surface area contributed by atoms with E-state index in [0.717, 1.165) is 17.7 Å². The van der Waals surface area contributed by atoms with Crippen LogP contribution >= 0.6 is 0 Å². The largest absolute Gasteiger partial charge is 0.494 e. The Bertz CT molecular complexity index is 1650. The van der Waals surface area contributed by atoms with Crippen LogP contribution in [0.2, 0.25) is 0 Å². The highest BCUT2D eigenvalue weighted by Gasteiger charge is 2.30. The van der Waals surface area contributed by atoms with E-state index in [-0.39, 0.29) is 48.9 Å². The molecule has 14 heteroatoms. The highest BCUT2D eigenvalue weighted by atomic mass is 32.2. The SMILES string of the molecule is CCCn1c(=O)n(C)c(=O)c2c(CN(C)C)c(CCCOc3ccc(S(=O)(=O)N4CCN(C(=O)OCC)CC4)cc3)[nH]c21. The molecule has 2 aromatic heterocycles. The van der Waals surface area contributed by atoms with Crippen LogP contribution in [-0.4, -0.2) is 96.2 Å². The van der Waals surface area contributed by atoms with Gasteiger partial charge in [-0.2, -0.15) is 4.31 Å². The summed E-state index contributed by atoms with van der Waals surface area (Å²) in [4.78, 5) is 44.9. The van der Waals surface area contributed by atoms with Gasteiger partial charge in [0.2, 0.25) is 10.0 Å². The second-order valence-corrected chi connectivity index (χ2v) is 12.8. The molecule has 0 bridgehead atoms. The molecule has 1 aliphatic rings. The van der Waals surface area contributed by atoms with Crippen molar-refractivity contribution in [3.05, 3.63) is 56.4 Å². The summed E-state index contributed by atoms with van der Waals surface area (Å²) in [7, 11) is 1.68. The van der Waals surface area contributed by atoms with E-state index >= 15 is 0 Å². The van der Waals surface area contributed by atoms with Gasteiger partial charge in [-0.15, -0.1) is 0 Å². The predicted molar refractivity (Wildman–Crippen MR) is 163 cm³/mol. The van der Waals surface area contributed by atoms with Gasteiger partial charge in [-0.05, 0) is 64.5 Å². The molecular weight excluding hydrogens is 576 g/mol. The zero-order valence-electron chi connectivity index (χ0n) is 25.6. The number of nitrogens with one attached hydrogen (secondary N) is 1. The lowest BCUT2D eigenvalue weighted by molar-refractivity contribution is 0.0934. The highest BCUT2D eigenvalue weighted by Crippen LogP contribution is 2.23. The van der Waals surface area contributed by atoms with Gasteiger partial charge in [0.1, 0.15) is 11.4 Å². The minimum absolute atomic E-state index is 0.163. The number of aromatic amines is 1. The Morgan fingerprint density at radius 2 is 1.72 bits per heavy atom.